The lowest BCUT2D eigenvalue weighted by Crippen LogP contribution is -2.29. The van der Waals surface area contributed by atoms with E-state index in [4.69, 9.17) is 5.21 Å². The van der Waals surface area contributed by atoms with Crippen LogP contribution in [0.5, 0.6) is 0 Å². The maximum Gasteiger partial charge on any atom is 0.126 e. The van der Waals surface area contributed by atoms with Gasteiger partial charge in [-0.05, 0) is 0 Å². The van der Waals surface area contributed by atoms with Gasteiger partial charge in [0.2, 0.25) is 0 Å². The van der Waals surface area contributed by atoms with Gasteiger partial charge in [-0.3, -0.25) is 0 Å². The molecule has 2 N–H and O–H groups in total. The molecule has 4 heteroatoms. The molecular formula is C4H8N2OS. The highest BCUT2D eigenvalue weighted by Crippen LogP contribution is 2.04. The summed E-state index contributed by atoms with van der Waals surface area (Å²) in [7, 11) is 0. The van der Waals surface area contributed by atoms with Gasteiger partial charge in [-0.2, -0.15) is 0 Å². The summed E-state index contributed by atoms with van der Waals surface area (Å²) in [5.74, 6) is 1.01. The van der Waals surface area contributed by atoms with Crippen LogP contribution in [0.1, 0.15) is 0 Å². The number of rotatable bonds is 0. The average Bonchev–Trinajstić information content (AvgIpc) is 1.90. The molecule has 8 heavy (non-hydrogen) atoms. The molecule has 0 radical (unpaired) electrons. The third-order valence-corrected chi connectivity index (χ3v) is 1.90. The molecule has 1 aliphatic rings. The van der Waals surface area contributed by atoms with Crippen LogP contribution in [0.2, 0.25) is 0 Å². The van der Waals surface area contributed by atoms with Crippen LogP contribution in [0.15, 0.2) is 5.16 Å². The molecule has 0 unspecified atom stereocenters. The molecule has 1 aliphatic heterocycles. The van der Waals surface area contributed by atoms with Crippen molar-refractivity contribution in [2.24, 2.45) is 5.16 Å². The lowest BCUT2D eigenvalue weighted by atomic mass is 10.6. The summed E-state index contributed by atoms with van der Waals surface area (Å²) in [5, 5.41) is 15.1. The Hall–Kier alpha value is -0.220. The fourth-order valence-corrected chi connectivity index (χ4v) is 1.30. The summed E-state index contributed by atoms with van der Waals surface area (Å²) >= 11 is 1.60. The molecule has 1 heterocycles. The lowest BCUT2D eigenvalue weighted by molar-refractivity contribution is 0.319. The molecule has 0 aromatic heterocycles. The molecule has 0 amide bonds. The Labute approximate surface area is 52.1 Å². The maximum atomic E-state index is 8.22. The van der Waals surface area contributed by atoms with E-state index in [0.717, 1.165) is 23.9 Å². The summed E-state index contributed by atoms with van der Waals surface area (Å²) in [5.41, 5.74) is 0. The van der Waals surface area contributed by atoms with Crippen molar-refractivity contribution in [2.75, 3.05) is 18.8 Å². The summed E-state index contributed by atoms with van der Waals surface area (Å²) in [6.07, 6.45) is 0. The highest BCUT2D eigenvalue weighted by atomic mass is 32.2. The maximum absolute atomic E-state index is 8.22. The van der Waals surface area contributed by atoms with E-state index in [9.17, 15) is 0 Å². The van der Waals surface area contributed by atoms with Crippen molar-refractivity contribution in [1.82, 2.24) is 5.32 Å². The zero-order valence-corrected chi connectivity index (χ0v) is 5.24. The Morgan fingerprint density at radius 3 is 3.00 bits per heavy atom. The first-order valence-corrected chi connectivity index (χ1v) is 3.46. The van der Waals surface area contributed by atoms with Gasteiger partial charge in [0.25, 0.3) is 0 Å². The van der Waals surface area contributed by atoms with Gasteiger partial charge < -0.3 is 10.5 Å². The number of nitrogens with one attached hydrogen (secondary N) is 1. The van der Waals surface area contributed by atoms with Gasteiger partial charge >= 0.3 is 0 Å². The van der Waals surface area contributed by atoms with E-state index in [2.05, 4.69) is 10.5 Å². The SMILES string of the molecule is O/N=C1/CNCCS1. The van der Waals surface area contributed by atoms with Crippen molar-refractivity contribution in [1.29, 1.82) is 0 Å². The average molecular weight is 132 g/mol. The molecule has 0 bridgehead atoms. The lowest BCUT2D eigenvalue weighted by Gasteiger charge is -2.10. The normalized spacial score (nSPS) is 26.2. The second-order valence-corrected chi connectivity index (χ2v) is 2.69. The van der Waals surface area contributed by atoms with Gasteiger partial charge in [0, 0.05) is 18.8 Å². The molecule has 0 spiro atoms. The van der Waals surface area contributed by atoms with Gasteiger partial charge in [0.05, 0.1) is 0 Å². The highest BCUT2D eigenvalue weighted by molar-refractivity contribution is 8.14. The monoisotopic (exact) mass is 132 g/mol. The second-order valence-electron chi connectivity index (χ2n) is 1.52. The minimum Gasteiger partial charge on any atom is -0.410 e. The topological polar surface area (TPSA) is 44.6 Å². The van der Waals surface area contributed by atoms with Crippen LogP contribution >= 0.6 is 11.8 Å². The number of oxime groups is 1. The second kappa shape index (κ2) is 2.94. The molecular weight excluding hydrogens is 124 g/mol. The zero-order chi connectivity index (χ0) is 5.82. The number of nitrogens with zero attached hydrogens (tertiary/aromatic N) is 1. The van der Waals surface area contributed by atoms with Crippen LogP contribution in [-0.2, 0) is 0 Å². The van der Waals surface area contributed by atoms with Gasteiger partial charge in [-0.15, -0.1) is 11.8 Å². The number of hydrogen-bond acceptors (Lipinski definition) is 4. The van der Waals surface area contributed by atoms with Crippen LogP contribution in [0, 0.1) is 0 Å². The van der Waals surface area contributed by atoms with Crippen molar-refractivity contribution in [3.8, 4) is 0 Å². The molecule has 0 atom stereocenters. The molecule has 1 saturated heterocycles. The van der Waals surface area contributed by atoms with E-state index in [-0.39, 0.29) is 0 Å². The summed E-state index contributed by atoms with van der Waals surface area (Å²) in [6, 6.07) is 0. The zero-order valence-electron chi connectivity index (χ0n) is 4.42. The molecule has 0 aromatic rings. The first-order valence-electron chi connectivity index (χ1n) is 2.48. The molecule has 0 aromatic carbocycles. The van der Waals surface area contributed by atoms with Crippen molar-refractivity contribution in [2.45, 2.75) is 0 Å². The van der Waals surface area contributed by atoms with E-state index < -0.39 is 0 Å². The van der Waals surface area contributed by atoms with Gasteiger partial charge in [-0.25, -0.2) is 0 Å². The molecule has 1 fully saturated rings. The third kappa shape index (κ3) is 1.38. The van der Waals surface area contributed by atoms with Crippen molar-refractivity contribution in [3.05, 3.63) is 0 Å². The fourth-order valence-electron chi connectivity index (χ4n) is 0.552. The predicted octanol–water partition coefficient (Wildman–Crippen LogP) is 0.111. The van der Waals surface area contributed by atoms with E-state index >= 15 is 0 Å². The van der Waals surface area contributed by atoms with Crippen LogP contribution in [-0.4, -0.2) is 29.1 Å². The summed E-state index contributed by atoms with van der Waals surface area (Å²) in [4.78, 5) is 0. The molecule has 3 nitrogen and oxygen atoms in total. The number of thioether (sulfide) groups is 1. The van der Waals surface area contributed by atoms with E-state index in [1.165, 1.54) is 0 Å². The summed E-state index contributed by atoms with van der Waals surface area (Å²) in [6.45, 7) is 1.74. The van der Waals surface area contributed by atoms with Gasteiger partial charge in [0.1, 0.15) is 5.04 Å². The van der Waals surface area contributed by atoms with Crippen molar-refractivity contribution in [3.63, 3.8) is 0 Å². The van der Waals surface area contributed by atoms with E-state index in [0.29, 0.717) is 0 Å². The largest absolute Gasteiger partial charge is 0.410 e. The summed E-state index contributed by atoms with van der Waals surface area (Å²) < 4.78 is 0. The first kappa shape index (κ1) is 5.91. The first-order chi connectivity index (χ1) is 3.93. The Bertz CT molecular complexity index is 96.2. The quantitative estimate of drug-likeness (QED) is 0.363. The van der Waals surface area contributed by atoms with Crippen LogP contribution in [0.25, 0.3) is 0 Å². The van der Waals surface area contributed by atoms with Crippen LogP contribution in [0.4, 0.5) is 0 Å². The Morgan fingerprint density at radius 1 is 1.75 bits per heavy atom. The van der Waals surface area contributed by atoms with Crippen LogP contribution in [0.3, 0.4) is 0 Å². The Kier molecular flexibility index (Phi) is 2.17. The molecule has 0 aliphatic carbocycles. The minimum atomic E-state index is 0.723. The number of hydrogen-bond donors (Lipinski definition) is 2. The fraction of sp³-hybridized carbons (Fsp3) is 0.750. The van der Waals surface area contributed by atoms with E-state index in [1.807, 2.05) is 0 Å². The molecule has 46 valence electrons. The predicted molar refractivity (Wildman–Crippen MR) is 34.5 cm³/mol. The van der Waals surface area contributed by atoms with Gasteiger partial charge in [0.15, 0.2) is 0 Å². The van der Waals surface area contributed by atoms with Crippen molar-refractivity contribution >= 4 is 16.8 Å². The molecule has 0 saturated carbocycles. The third-order valence-electron chi connectivity index (χ3n) is 0.935. The van der Waals surface area contributed by atoms with Crippen molar-refractivity contribution < 1.29 is 5.21 Å². The van der Waals surface area contributed by atoms with Crippen LogP contribution < -0.4 is 5.32 Å². The van der Waals surface area contributed by atoms with E-state index in [1.54, 1.807) is 11.8 Å². The Balaban J connectivity index is 2.33. The standard InChI is InChI=1S/C4H8N2OS/c7-6-4-3-5-1-2-8-4/h5,7H,1-3H2/b6-4-. The molecule has 1 rings (SSSR count). The minimum absolute atomic E-state index is 0.723. The Morgan fingerprint density at radius 2 is 2.62 bits per heavy atom. The smallest absolute Gasteiger partial charge is 0.126 e. The van der Waals surface area contributed by atoms with Gasteiger partial charge in [-0.1, -0.05) is 5.16 Å². The highest BCUT2D eigenvalue weighted by Gasteiger charge is 2.04.